The van der Waals surface area contributed by atoms with E-state index in [0.717, 1.165) is 6.42 Å². The highest BCUT2D eigenvalue weighted by molar-refractivity contribution is 5.96. The van der Waals surface area contributed by atoms with Crippen molar-refractivity contribution in [1.29, 1.82) is 0 Å². The average molecular weight is 239 g/mol. The second-order valence-corrected chi connectivity index (χ2v) is 6.13. The summed E-state index contributed by atoms with van der Waals surface area (Å²) in [6.07, 6.45) is 0.851. The van der Waals surface area contributed by atoms with Gasteiger partial charge in [-0.05, 0) is 25.7 Å². The van der Waals surface area contributed by atoms with Crippen molar-refractivity contribution in [2.75, 3.05) is 5.73 Å². The van der Waals surface area contributed by atoms with Gasteiger partial charge in [0.15, 0.2) is 11.5 Å². The van der Waals surface area contributed by atoms with E-state index < -0.39 is 0 Å². The van der Waals surface area contributed by atoms with Gasteiger partial charge in [0.2, 0.25) is 0 Å². The minimum Gasteiger partial charge on any atom is -0.380 e. The van der Waals surface area contributed by atoms with E-state index >= 15 is 0 Å². The third kappa shape index (κ3) is 4.05. The zero-order chi connectivity index (χ0) is 13.3. The standard InChI is InChI=1S/C11H21N5O/c1-10(2,3)6-11(4,5)13-9(17)7-8(12)15-16-14-7/h6H2,1-5H3,(H,13,17)(H3,12,14,15,16). The van der Waals surface area contributed by atoms with E-state index in [9.17, 15) is 4.79 Å². The topological polar surface area (TPSA) is 96.7 Å². The first-order valence-corrected chi connectivity index (χ1v) is 5.59. The molecule has 1 rings (SSSR count). The minimum absolute atomic E-state index is 0.119. The normalized spacial score (nSPS) is 12.5. The molecular formula is C11H21N5O. The molecule has 0 aliphatic carbocycles. The van der Waals surface area contributed by atoms with Crippen LogP contribution in [0.4, 0.5) is 5.82 Å². The largest absolute Gasteiger partial charge is 0.380 e. The molecule has 0 saturated heterocycles. The summed E-state index contributed by atoms with van der Waals surface area (Å²) in [5, 5.41) is 12.6. The fourth-order valence-corrected chi connectivity index (χ4v) is 2.14. The van der Waals surface area contributed by atoms with Gasteiger partial charge in [0.05, 0.1) is 0 Å². The zero-order valence-corrected chi connectivity index (χ0v) is 11.1. The number of aromatic nitrogens is 3. The average Bonchev–Trinajstić information content (AvgIpc) is 2.44. The predicted molar refractivity (Wildman–Crippen MR) is 66.4 cm³/mol. The smallest absolute Gasteiger partial charge is 0.276 e. The van der Waals surface area contributed by atoms with Crippen molar-refractivity contribution in [3.8, 4) is 0 Å². The van der Waals surface area contributed by atoms with Crippen molar-refractivity contribution in [2.45, 2.75) is 46.6 Å². The Morgan fingerprint density at radius 2 is 1.88 bits per heavy atom. The van der Waals surface area contributed by atoms with Crippen LogP contribution in [0.1, 0.15) is 51.5 Å². The molecule has 0 aromatic carbocycles. The van der Waals surface area contributed by atoms with Gasteiger partial charge in [0.25, 0.3) is 5.91 Å². The molecule has 0 fully saturated rings. The van der Waals surface area contributed by atoms with Crippen LogP contribution in [-0.4, -0.2) is 26.9 Å². The Balaban J connectivity index is 2.72. The third-order valence-corrected chi connectivity index (χ3v) is 2.21. The quantitative estimate of drug-likeness (QED) is 0.741. The number of nitrogens with two attached hydrogens (primary N) is 1. The maximum Gasteiger partial charge on any atom is 0.276 e. The van der Waals surface area contributed by atoms with Gasteiger partial charge in [-0.3, -0.25) is 4.79 Å². The van der Waals surface area contributed by atoms with Gasteiger partial charge in [0, 0.05) is 5.54 Å². The van der Waals surface area contributed by atoms with Crippen molar-refractivity contribution < 1.29 is 4.79 Å². The SMILES string of the molecule is CC(C)(C)CC(C)(C)NC(=O)c1n[nH]nc1N. The number of carbonyl (C=O) groups is 1. The van der Waals surface area contributed by atoms with Crippen LogP contribution in [-0.2, 0) is 0 Å². The van der Waals surface area contributed by atoms with Crippen LogP contribution >= 0.6 is 0 Å². The maximum atomic E-state index is 11.9. The van der Waals surface area contributed by atoms with Crippen LogP contribution in [0.5, 0.6) is 0 Å². The molecule has 1 aromatic rings. The number of rotatable bonds is 3. The van der Waals surface area contributed by atoms with E-state index in [1.165, 1.54) is 0 Å². The lowest BCUT2D eigenvalue weighted by molar-refractivity contribution is 0.0887. The maximum absolute atomic E-state index is 11.9. The van der Waals surface area contributed by atoms with Crippen molar-refractivity contribution in [3.63, 3.8) is 0 Å². The predicted octanol–water partition coefficient (Wildman–Crippen LogP) is 1.33. The van der Waals surface area contributed by atoms with Crippen LogP contribution in [0.2, 0.25) is 0 Å². The number of hydrogen-bond donors (Lipinski definition) is 3. The summed E-state index contributed by atoms with van der Waals surface area (Å²) < 4.78 is 0. The minimum atomic E-state index is -0.319. The fraction of sp³-hybridized carbons (Fsp3) is 0.727. The van der Waals surface area contributed by atoms with Crippen LogP contribution < -0.4 is 11.1 Å². The number of hydrogen-bond acceptors (Lipinski definition) is 4. The molecule has 0 saturated carbocycles. The van der Waals surface area contributed by atoms with Crippen LogP contribution in [0.15, 0.2) is 0 Å². The summed E-state index contributed by atoms with van der Waals surface area (Å²) in [6, 6.07) is 0. The molecule has 0 bridgehead atoms. The number of anilines is 1. The fourth-order valence-electron chi connectivity index (χ4n) is 2.14. The summed E-state index contributed by atoms with van der Waals surface area (Å²) in [5.41, 5.74) is 5.48. The van der Waals surface area contributed by atoms with Gasteiger partial charge in [-0.25, -0.2) is 0 Å². The molecule has 6 heteroatoms. The molecule has 0 radical (unpaired) electrons. The molecule has 0 spiro atoms. The van der Waals surface area contributed by atoms with E-state index in [1.54, 1.807) is 0 Å². The lowest BCUT2D eigenvalue weighted by Crippen LogP contribution is -2.46. The first kappa shape index (κ1) is 13.5. The molecule has 96 valence electrons. The number of nitrogen functional groups attached to an aromatic ring is 1. The lowest BCUT2D eigenvalue weighted by Gasteiger charge is -2.33. The van der Waals surface area contributed by atoms with Crippen molar-refractivity contribution >= 4 is 11.7 Å². The van der Waals surface area contributed by atoms with Crippen molar-refractivity contribution in [3.05, 3.63) is 5.69 Å². The Hall–Kier alpha value is -1.59. The highest BCUT2D eigenvalue weighted by Crippen LogP contribution is 2.27. The Labute approximate surface area is 101 Å². The van der Waals surface area contributed by atoms with Crippen LogP contribution in [0, 0.1) is 5.41 Å². The van der Waals surface area contributed by atoms with E-state index in [4.69, 9.17) is 5.73 Å². The van der Waals surface area contributed by atoms with Crippen LogP contribution in [0.3, 0.4) is 0 Å². The summed E-state index contributed by atoms with van der Waals surface area (Å²) in [7, 11) is 0. The molecule has 0 aliphatic heterocycles. The second-order valence-electron chi connectivity index (χ2n) is 6.13. The van der Waals surface area contributed by atoms with Gasteiger partial charge in [-0.1, -0.05) is 20.8 Å². The lowest BCUT2D eigenvalue weighted by atomic mass is 9.82. The molecular weight excluding hydrogens is 218 g/mol. The van der Waals surface area contributed by atoms with Crippen LogP contribution in [0.25, 0.3) is 0 Å². The molecule has 1 aromatic heterocycles. The Morgan fingerprint density at radius 3 is 2.29 bits per heavy atom. The van der Waals surface area contributed by atoms with Crippen molar-refractivity contribution in [1.82, 2.24) is 20.7 Å². The highest BCUT2D eigenvalue weighted by Gasteiger charge is 2.28. The summed E-state index contributed by atoms with van der Waals surface area (Å²) in [5.74, 6) is -0.181. The van der Waals surface area contributed by atoms with Crippen molar-refractivity contribution in [2.24, 2.45) is 5.41 Å². The molecule has 6 nitrogen and oxygen atoms in total. The van der Waals surface area contributed by atoms with Gasteiger partial charge < -0.3 is 11.1 Å². The number of amides is 1. The first-order chi connectivity index (χ1) is 7.61. The number of carbonyl (C=O) groups excluding carboxylic acids is 1. The van der Waals surface area contributed by atoms with Gasteiger partial charge >= 0.3 is 0 Å². The first-order valence-electron chi connectivity index (χ1n) is 5.59. The summed E-state index contributed by atoms with van der Waals surface area (Å²) in [4.78, 5) is 11.9. The van der Waals surface area contributed by atoms with Gasteiger partial charge in [-0.15, -0.1) is 10.2 Å². The number of nitrogens with one attached hydrogen (secondary N) is 2. The molecule has 0 unspecified atom stereocenters. The molecule has 1 heterocycles. The molecule has 4 N–H and O–H groups in total. The number of nitrogens with zero attached hydrogens (tertiary/aromatic N) is 2. The summed E-state index contributed by atoms with van der Waals surface area (Å²) in [6.45, 7) is 10.3. The number of aromatic amines is 1. The Kier molecular flexibility index (Phi) is 3.45. The second kappa shape index (κ2) is 4.35. The van der Waals surface area contributed by atoms with E-state index in [1.807, 2.05) is 13.8 Å². The summed E-state index contributed by atoms with van der Waals surface area (Å²) >= 11 is 0. The molecule has 17 heavy (non-hydrogen) atoms. The Bertz CT molecular complexity index is 402. The Morgan fingerprint density at radius 1 is 1.29 bits per heavy atom. The molecule has 1 amide bonds. The van der Waals surface area contributed by atoms with Gasteiger partial charge in [-0.2, -0.15) is 5.21 Å². The number of H-pyrrole nitrogens is 1. The van der Waals surface area contributed by atoms with E-state index in [2.05, 4.69) is 41.5 Å². The van der Waals surface area contributed by atoms with Gasteiger partial charge in [0.1, 0.15) is 0 Å². The highest BCUT2D eigenvalue weighted by atomic mass is 16.2. The zero-order valence-electron chi connectivity index (χ0n) is 11.1. The molecule has 0 aliphatic rings. The van der Waals surface area contributed by atoms with E-state index in [-0.39, 0.29) is 28.4 Å². The molecule has 0 atom stereocenters. The van der Waals surface area contributed by atoms with E-state index in [0.29, 0.717) is 0 Å². The monoisotopic (exact) mass is 239 g/mol. The third-order valence-electron chi connectivity index (χ3n) is 2.21.